The summed E-state index contributed by atoms with van der Waals surface area (Å²) in [4.78, 5) is 25.1. The van der Waals surface area contributed by atoms with Gasteiger partial charge in [-0.2, -0.15) is 0 Å². The number of ether oxygens (including phenoxy) is 1. The molecule has 0 aliphatic carbocycles. The van der Waals surface area contributed by atoms with E-state index < -0.39 is 0 Å². The summed E-state index contributed by atoms with van der Waals surface area (Å²) in [7, 11) is 1.55. The van der Waals surface area contributed by atoms with Gasteiger partial charge in [0.2, 0.25) is 5.91 Å². The Balaban J connectivity index is 0.00000280. The molecule has 0 atom stereocenters. The van der Waals surface area contributed by atoms with E-state index in [1.807, 2.05) is 31.2 Å². The molecule has 0 unspecified atom stereocenters. The summed E-state index contributed by atoms with van der Waals surface area (Å²) in [5.74, 6) is 0.396. The van der Waals surface area contributed by atoms with Gasteiger partial charge in [-0.1, -0.05) is 19.1 Å². The molecule has 0 aliphatic heterocycles. The third-order valence-electron chi connectivity index (χ3n) is 4.47. The van der Waals surface area contributed by atoms with Gasteiger partial charge in [0.1, 0.15) is 5.75 Å². The maximum absolute atomic E-state index is 12.7. The van der Waals surface area contributed by atoms with E-state index in [0.29, 0.717) is 30.2 Å². The maximum Gasteiger partial charge on any atom is 0.329 e. The van der Waals surface area contributed by atoms with E-state index in [2.05, 4.69) is 5.32 Å². The van der Waals surface area contributed by atoms with Crippen LogP contribution in [0.25, 0.3) is 11.0 Å². The molecule has 0 aliphatic rings. The molecular formula is C20H25ClN4O3. The van der Waals surface area contributed by atoms with Crippen LogP contribution in [0.5, 0.6) is 5.75 Å². The van der Waals surface area contributed by atoms with Crippen LogP contribution in [-0.4, -0.2) is 22.2 Å². The number of nitrogens with zero attached hydrogens (tertiary/aromatic N) is 2. The molecule has 0 saturated heterocycles. The number of para-hydroxylation sites is 2. The molecule has 3 rings (SSSR count). The highest BCUT2D eigenvalue weighted by Crippen LogP contribution is 2.24. The second-order valence-electron chi connectivity index (χ2n) is 6.33. The number of anilines is 2. The summed E-state index contributed by atoms with van der Waals surface area (Å²) in [5, 5.41) is 2.79. The van der Waals surface area contributed by atoms with Gasteiger partial charge in [-0.05, 0) is 30.7 Å². The van der Waals surface area contributed by atoms with Crippen LogP contribution in [0, 0.1) is 0 Å². The summed E-state index contributed by atoms with van der Waals surface area (Å²) in [6, 6.07) is 12.7. The molecule has 1 aromatic heterocycles. The van der Waals surface area contributed by atoms with E-state index in [9.17, 15) is 9.59 Å². The quantitative estimate of drug-likeness (QED) is 0.591. The number of aryl methyl sites for hydroxylation is 2. The van der Waals surface area contributed by atoms with Crippen molar-refractivity contribution in [3.8, 4) is 5.75 Å². The Morgan fingerprint density at radius 3 is 2.36 bits per heavy atom. The Morgan fingerprint density at radius 1 is 1.11 bits per heavy atom. The van der Waals surface area contributed by atoms with Crippen LogP contribution >= 0.6 is 12.4 Å². The zero-order valence-electron chi connectivity index (χ0n) is 16.0. The first-order valence-electron chi connectivity index (χ1n) is 8.96. The minimum absolute atomic E-state index is 0. The molecule has 0 saturated carbocycles. The number of halogens is 1. The van der Waals surface area contributed by atoms with E-state index in [4.69, 9.17) is 10.5 Å². The number of methoxy groups -OCH3 is 1. The number of hydrogen-bond donors (Lipinski definition) is 2. The van der Waals surface area contributed by atoms with Crippen molar-refractivity contribution < 1.29 is 9.53 Å². The molecule has 0 fully saturated rings. The number of imidazole rings is 1. The van der Waals surface area contributed by atoms with Crippen LogP contribution in [0.2, 0.25) is 0 Å². The fourth-order valence-electron chi connectivity index (χ4n) is 3.12. The maximum atomic E-state index is 12.7. The number of nitrogens with two attached hydrogens (primary N) is 1. The molecule has 3 N–H and O–H groups in total. The lowest BCUT2D eigenvalue weighted by molar-refractivity contribution is -0.116. The van der Waals surface area contributed by atoms with Gasteiger partial charge in [-0.3, -0.25) is 13.9 Å². The highest BCUT2D eigenvalue weighted by Gasteiger charge is 2.14. The van der Waals surface area contributed by atoms with Gasteiger partial charge in [0, 0.05) is 25.6 Å². The zero-order valence-corrected chi connectivity index (χ0v) is 16.8. The largest absolute Gasteiger partial charge is 0.497 e. The molecule has 150 valence electrons. The molecule has 7 nitrogen and oxygen atoms in total. The molecular weight excluding hydrogens is 380 g/mol. The number of benzene rings is 2. The molecule has 3 aromatic rings. The predicted molar refractivity (Wildman–Crippen MR) is 114 cm³/mol. The summed E-state index contributed by atoms with van der Waals surface area (Å²) in [5.41, 5.74) is 8.50. The average Bonchev–Trinajstić information content (AvgIpc) is 2.94. The first-order chi connectivity index (χ1) is 13.0. The standard InChI is InChI=1S/C20H24N4O3.ClH/c1-3-11-23-17-6-4-5-7-18(17)24(20(23)26)12-10-19(25)22-16-13-14(27-2)8-9-15(16)21;/h4-9,13H,3,10-12,21H2,1-2H3,(H,22,25);1H. The number of rotatable bonds is 7. The number of carbonyl (C=O) groups excluding carboxylic acids is 1. The van der Waals surface area contributed by atoms with Crippen LogP contribution < -0.4 is 21.5 Å². The van der Waals surface area contributed by atoms with Gasteiger partial charge in [-0.15, -0.1) is 12.4 Å². The summed E-state index contributed by atoms with van der Waals surface area (Å²) in [6.07, 6.45) is 1.03. The SMILES string of the molecule is CCCn1c(=O)n(CCC(=O)Nc2cc(OC)ccc2N)c2ccccc21.Cl. The molecule has 2 aromatic carbocycles. The normalized spacial score (nSPS) is 10.5. The first kappa shape index (κ1) is 21.4. The Morgan fingerprint density at radius 2 is 1.75 bits per heavy atom. The fourth-order valence-corrected chi connectivity index (χ4v) is 3.12. The molecule has 28 heavy (non-hydrogen) atoms. The van der Waals surface area contributed by atoms with E-state index in [0.717, 1.165) is 17.5 Å². The van der Waals surface area contributed by atoms with E-state index in [-0.39, 0.29) is 30.4 Å². The molecule has 1 amide bonds. The van der Waals surface area contributed by atoms with Crippen LogP contribution in [0.3, 0.4) is 0 Å². The smallest absolute Gasteiger partial charge is 0.329 e. The second-order valence-corrected chi connectivity index (χ2v) is 6.33. The summed E-state index contributed by atoms with van der Waals surface area (Å²) >= 11 is 0. The number of nitrogen functional groups attached to an aromatic ring is 1. The fraction of sp³-hybridized carbons (Fsp3) is 0.300. The minimum atomic E-state index is -0.214. The van der Waals surface area contributed by atoms with Gasteiger partial charge < -0.3 is 15.8 Å². The Labute approximate surface area is 169 Å². The van der Waals surface area contributed by atoms with E-state index in [1.165, 1.54) is 0 Å². The summed E-state index contributed by atoms with van der Waals surface area (Å²) in [6.45, 7) is 2.98. The van der Waals surface area contributed by atoms with E-state index in [1.54, 1.807) is 34.4 Å². The highest BCUT2D eigenvalue weighted by atomic mass is 35.5. The minimum Gasteiger partial charge on any atom is -0.497 e. The van der Waals surface area contributed by atoms with Gasteiger partial charge >= 0.3 is 5.69 Å². The van der Waals surface area contributed by atoms with Crippen molar-refractivity contribution in [1.82, 2.24) is 9.13 Å². The third kappa shape index (κ3) is 4.31. The monoisotopic (exact) mass is 404 g/mol. The third-order valence-corrected chi connectivity index (χ3v) is 4.47. The lowest BCUT2D eigenvalue weighted by atomic mass is 10.2. The number of carbonyl (C=O) groups is 1. The molecule has 1 heterocycles. The van der Waals surface area contributed by atoms with Crippen molar-refractivity contribution in [2.45, 2.75) is 32.9 Å². The van der Waals surface area contributed by atoms with Crippen LogP contribution in [0.15, 0.2) is 47.3 Å². The topological polar surface area (TPSA) is 91.3 Å². The number of amides is 1. The van der Waals surface area contributed by atoms with Gasteiger partial charge in [0.25, 0.3) is 0 Å². The van der Waals surface area contributed by atoms with Crippen molar-refractivity contribution >= 4 is 40.7 Å². The average molecular weight is 405 g/mol. The van der Waals surface area contributed by atoms with Crippen LogP contribution in [-0.2, 0) is 17.9 Å². The lowest BCUT2D eigenvalue weighted by Crippen LogP contribution is -2.26. The zero-order chi connectivity index (χ0) is 19.4. The van der Waals surface area contributed by atoms with Crippen LogP contribution in [0.4, 0.5) is 11.4 Å². The van der Waals surface area contributed by atoms with E-state index >= 15 is 0 Å². The summed E-state index contributed by atoms with van der Waals surface area (Å²) < 4.78 is 8.56. The molecule has 0 spiro atoms. The van der Waals surface area contributed by atoms with Crippen molar-refractivity contribution in [3.63, 3.8) is 0 Å². The number of nitrogens with one attached hydrogen (secondary N) is 1. The Bertz CT molecular complexity index is 1030. The van der Waals surface area contributed by atoms with Crippen molar-refractivity contribution in [3.05, 3.63) is 52.9 Å². The van der Waals surface area contributed by atoms with Gasteiger partial charge in [-0.25, -0.2) is 4.79 Å². The molecule has 0 radical (unpaired) electrons. The van der Waals surface area contributed by atoms with Gasteiger partial charge in [0.15, 0.2) is 0 Å². The Kier molecular flexibility index (Phi) is 7.12. The second kappa shape index (κ2) is 9.32. The van der Waals surface area contributed by atoms with Gasteiger partial charge in [0.05, 0.1) is 29.5 Å². The lowest BCUT2D eigenvalue weighted by Gasteiger charge is -2.10. The number of hydrogen-bond acceptors (Lipinski definition) is 4. The molecule has 0 bridgehead atoms. The highest BCUT2D eigenvalue weighted by molar-refractivity contribution is 5.94. The number of fused-ring (bicyclic) bond motifs is 1. The van der Waals surface area contributed by atoms with Crippen molar-refractivity contribution in [2.24, 2.45) is 0 Å². The van der Waals surface area contributed by atoms with Crippen molar-refractivity contribution in [2.75, 3.05) is 18.2 Å². The molecule has 8 heteroatoms. The Hall–Kier alpha value is -2.93. The number of aromatic nitrogens is 2. The van der Waals surface area contributed by atoms with Crippen LogP contribution in [0.1, 0.15) is 19.8 Å². The van der Waals surface area contributed by atoms with Crippen molar-refractivity contribution in [1.29, 1.82) is 0 Å². The first-order valence-corrected chi connectivity index (χ1v) is 8.96. The predicted octanol–water partition coefficient (Wildman–Crippen LogP) is 3.25.